The molecule has 176 valence electrons. The summed E-state index contributed by atoms with van der Waals surface area (Å²) < 4.78 is 51.6. The molecule has 0 spiro atoms. The summed E-state index contributed by atoms with van der Waals surface area (Å²) in [6, 6.07) is 9.99. The van der Waals surface area contributed by atoms with Gasteiger partial charge in [-0.3, -0.25) is 0 Å². The highest BCUT2D eigenvalue weighted by molar-refractivity contribution is 6.62. The number of alkyl halides is 3. The minimum atomic E-state index is -4.43. The van der Waals surface area contributed by atoms with Gasteiger partial charge >= 0.3 is 19.4 Å². The van der Waals surface area contributed by atoms with E-state index in [4.69, 9.17) is 9.31 Å². The van der Waals surface area contributed by atoms with Gasteiger partial charge in [-0.15, -0.1) is 0 Å². The van der Waals surface area contributed by atoms with Crippen LogP contribution in [0.15, 0.2) is 42.5 Å². The standard InChI is InChI=1S/C23H26BF3N2O4/c1-21(2)22(3,4)33-24(32-21)18-6-5-7-19-17(18)12-15(28-20(30)31)13-29(19)16-10-8-14(9-11-16)23(25,26)27/h5-11,15,28H,12-13H2,1-4H3,(H,30,31). The van der Waals surface area contributed by atoms with Crippen LogP contribution in [0.1, 0.15) is 38.8 Å². The third-order valence-corrected chi connectivity index (χ3v) is 6.67. The van der Waals surface area contributed by atoms with Crippen LogP contribution in [0.2, 0.25) is 0 Å². The third kappa shape index (κ3) is 4.41. The lowest BCUT2D eigenvalue weighted by Crippen LogP contribution is -2.49. The number of halogens is 3. The summed E-state index contributed by atoms with van der Waals surface area (Å²) >= 11 is 0. The normalized spacial score (nSPS) is 21.6. The second kappa shape index (κ2) is 7.95. The Hall–Kier alpha value is -2.72. The molecule has 2 aromatic carbocycles. The van der Waals surface area contributed by atoms with Crippen LogP contribution in [-0.2, 0) is 21.9 Å². The molecule has 6 nitrogen and oxygen atoms in total. The molecule has 2 aromatic rings. The lowest BCUT2D eigenvalue weighted by atomic mass is 9.73. The van der Waals surface area contributed by atoms with Gasteiger partial charge in [-0.05, 0) is 75.5 Å². The van der Waals surface area contributed by atoms with Crippen LogP contribution in [0.5, 0.6) is 0 Å². The second-order valence-electron chi connectivity index (χ2n) is 9.44. The third-order valence-electron chi connectivity index (χ3n) is 6.67. The number of amides is 1. The molecule has 0 aliphatic carbocycles. The van der Waals surface area contributed by atoms with E-state index in [-0.39, 0.29) is 6.54 Å². The zero-order chi connectivity index (χ0) is 24.2. The Kier molecular flexibility index (Phi) is 5.65. The Bertz CT molecular complexity index is 1040. The highest BCUT2D eigenvalue weighted by atomic mass is 19.4. The Morgan fingerprint density at radius 1 is 1.09 bits per heavy atom. The van der Waals surface area contributed by atoms with E-state index in [1.807, 2.05) is 50.8 Å². The Labute approximate surface area is 190 Å². The summed E-state index contributed by atoms with van der Waals surface area (Å²) in [5.41, 5.74) is 1.08. The minimum absolute atomic E-state index is 0.275. The smallest absolute Gasteiger partial charge is 0.465 e. The van der Waals surface area contributed by atoms with Gasteiger partial charge in [0.15, 0.2) is 0 Å². The van der Waals surface area contributed by atoms with Gasteiger partial charge in [0.05, 0.1) is 22.8 Å². The zero-order valence-corrected chi connectivity index (χ0v) is 18.9. The van der Waals surface area contributed by atoms with E-state index in [0.717, 1.165) is 28.8 Å². The molecule has 33 heavy (non-hydrogen) atoms. The van der Waals surface area contributed by atoms with Crippen molar-refractivity contribution in [3.8, 4) is 0 Å². The molecule has 1 fully saturated rings. The number of rotatable bonds is 3. The first-order chi connectivity index (χ1) is 15.3. The molecule has 1 unspecified atom stereocenters. The second-order valence-corrected chi connectivity index (χ2v) is 9.44. The monoisotopic (exact) mass is 462 g/mol. The number of carbonyl (C=O) groups is 1. The number of benzene rings is 2. The molecule has 10 heteroatoms. The molecule has 2 aliphatic rings. The van der Waals surface area contributed by atoms with Crippen LogP contribution >= 0.6 is 0 Å². The van der Waals surface area contributed by atoms with Crippen LogP contribution < -0.4 is 15.7 Å². The van der Waals surface area contributed by atoms with Crippen molar-refractivity contribution >= 4 is 30.0 Å². The summed E-state index contributed by atoms with van der Waals surface area (Å²) in [7, 11) is -0.650. The van der Waals surface area contributed by atoms with Gasteiger partial charge in [0, 0.05) is 17.9 Å². The lowest BCUT2D eigenvalue weighted by molar-refractivity contribution is -0.137. The molecule has 0 aromatic heterocycles. The molecular weight excluding hydrogens is 436 g/mol. The van der Waals surface area contributed by atoms with Gasteiger partial charge in [-0.25, -0.2) is 4.79 Å². The molecule has 1 amide bonds. The predicted molar refractivity (Wildman–Crippen MR) is 119 cm³/mol. The topological polar surface area (TPSA) is 71.0 Å². The quantitative estimate of drug-likeness (QED) is 0.665. The number of hydrogen-bond acceptors (Lipinski definition) is 4. The fraction of sp³-hybridized carbons (Fsp3) is 0.435. The van der Waals surface area contributed by atoms with Crippen LogP contribution in [0.25, 0.3) is 0 Å². The fourth-order valence-corrected chi connectivity index (χ4v) is 4.23. The Morgan fingerprint density at radius 3 is 2.24 bits per heavy atom. The van der Waals surface area contributed by atoms with Crippen LogP contribution in [0.3, 0.4) is 0 Å². The summed E-state index contributed by atoms with van der Waals surface area (Å²) in [6.07, 6.45) is -5.20. The van der Waals surface area contributed by atoms with Gasteiger partial charge in [-0.1, -0.05) is 12.1 Å². The number of nitrogens with zero attached hydrogens (tertiary/aromatic N) is 1. The van der Waals surface area contributed by atoms with E-state index >= 15 is 0 Å². The number of hydrogen-bond donors (Lipinski definition) is 2. The molecule has 0 saturated carbocycles. The van der Waals surface area contributed by atoms with Crippen molar-refractivity contribution in [3.05, 3.63) is 53.6 Å². The first-order valence-corrected chi connectivity index (χ1v) is 10.7. The number of carboxylic acid groups (broad SMARTS) is 1. The average Bonchev–Trinajstić information content (AvgIpc) is 2.93. The molecule has 1 saturated heterocycles. The number of nitrogens with one attached hydrogen (secondary N) is 1. The summed E-state index contributed by atoms with van der Waals surface area (Å²) in [6.45, 7) is 8.08. The Morgan fingerprint density at radius 2 is 1.70 bits per heavy atom. The van der Waals surface area contributed by atoms with E-state index in [1.54, 1.807) is 0 Å². The summed E-state index contributed by atoms with van der Waals surface area (Å²) in [5.74, 6) is 0. The number of fused-ring (bicyclic) bond motifs is 1. The van der Waals surface area contributed by atoms with Gasteiger partial charge in [0.1, 0.15) is 0 Å². The van der Waals surface area contributed by atoms with E-state index < -0.39 is 42.2 Å². The Balaban J connectivity index is 1.76. The summed E-state index contributed by atoms with van der Waals surface area (Å²) in [5, 5.41) is 11.8. The van der Waals surface area contributed by atoms with Crippen molar-refractivity contribution in [1.29, 1.82) is 0 Å². The van der Waals surface area contributed by atoms with E-state index in [1.165, 1.54) is 12.1 Å². The van der Waals surface area contributed by atoms with Crippen LogP contribution in [0, 0.1) is 0 Å². The van der Waals surface area contributed by atoms with Gasteiger partial charge < -0.3 is 24.6 Å². The minimum Gasteiger partial charge on any atom is -0.465 e. The molecule has 0 radical (unpaired) electrons. The van der Waals surface area contributed by atoms with Gasteiger partial charge in [-0.2, -0.15) is 13.2 Å². The largest absolute Gasteiger partial charge is 0.495 e. The zero-order valence-electron chi connectivity index (χ0n) is 18.9. The molecule has 2 aliphatic heterocycles. The van der Waals surface area contributed by atoms with Crippen molar-refractivity contribution in [1.82, 2.24) is 5.32 Å². The number of anilines is 2. The molecule has 2 N–H and O–H groups in total. The van der Waals surface area contributed by atoms with Gasteiger partial charge in [0.2, 0.25) is 0 Å². The molecule has 4 rings (SSSR count). The predicted octanol–water partition coefficient (Wildman–Crippen LogP) is 4.34. The maximum absolute atomic E-state index is 13.0. The van der Waals surface area contributed by atoms with E-state index in [0.29, 0.717) is 12.1 Å². The highest BCUT2D eigenvalue weighted by Gasteiger charge is 2.52. The molecule has 0 bridgehead atoms. The maximum Gasteiger partial charge on any atom is 0.495 e. The van der Waals surface area contributed by atoms with Crippen LogP contribution in [0.4, 0.5) is 29.3 Å². The first kappa shape index (κ1) is 23.4. The van der Waals surface area contributed by atoms with Crippen molar-refractivity contribution in [2.75, 3.05) is 11.4 Å². The van der Waals surface area contributed by atoms with Crippen LogP contribution in [-0.4, -0.2) is 42.1 Å². The van der Waals surface area contributed by atoms with Gasteiger partial charge in [0.25, 0.3) is 0 Å². The first-order valence-electron chi connectivity index (χ1n) is 10.7. The fourth-order valence-electron chi connectivity index (χ4n) is 4.23. The SMILES string of the molecule is CC1(C)OB(c2cccc3c2CC(NC(=O)O)CN3c2ccc(C(F)(F)F)cc2)OC1(C)C. The van der Waals surface area contributed by atoms with Crippen molar-refractivity contribution in [3.63, 3.8) is 0 Å². The van der Waals surface area contributed by atoms with Crippen molar-refractivity contribution < 1.29 is 32.4 Å². The average molecular weight is 462 g/mol. The molecule has 1 atom stereocenters. The highest BCUT2D eigenvalue weighted by Crippen LogP contribution is 2.39. The molecule has 2 heterocycles. The van der Waals surface area contributed by atoms with Crippen molar-refractivity contribution in [2.24, 2.45) is 0 Å². The summed E-state index contributed by atoms with van der Waals surface area (Å²) in [4.78, 5) is 13.2. The van der Waals surface area contributed by atoms with E-state index in [2.05, 4.69) is 5.32 Å². The molecular formula is C23H26BF3N2O4. The van der Waals surface area contributed by atoms with E-state index in [9.17, 15) is 23.1 Å². The van der Waals surface area contributed by atoms with Crippen molar-refractivity contribution in [2.45, 2.75) is 57.5 Å². The maximum atomic E-state index is 13.0. The lowest BCUT2D eigenvalue weighted by Gasteiger charge is -2.37.